The third-order valence-corrected chi connectivity index (χ3v) is 3.20. The molecule has 0 amide bonds. The molecule has 0 unspecified atom stereocenters. The van der Waals surface area contributed by atoms with Gasteiger partial charge in [-0.1, -0.05) is 25.6 Å². The minimum Gasteiger partial charge on any atom is -0.375 e. The molecule has 0 aromatic rings. The van der Waals surface area contributed by atoms with Crippen molar-refractivity contribution < 1.29 is 14.6 Å². The van der Waals surface area contributed by atoms with E-state index in [1.54, 1.807) is 6.92 Å². The van der Waals surface area contributed by atoms with E-state index in [9.17, 15) is 5.11 Å². The molecule has 1 fully saturated rings. The molecular weight excluding hydrogens is 220 g/mol. The maximum atomic E-state index is 10.3. The monoisotopic (exact) mass is 242 g/mol. The van der Waals surface area contributed by atoms with Gasteiger partial charge in [-0.25, -0.2) is 0 Å². The summed E-state index contributed by atoms with van der Waals surface area (Å²) < 4.78 is 11.1. The molecule has 1 heterocycles. The van der Waals surface area contributed by atoms with Gasteiger partial charge in [0.05, 0.1) is 6.61 Å². The van der Waals surface area contributed by atoms with Crippen molar-refractivity contribution in [2.24, 2.45) is 0 Å². The molecule has 4 heteroatoms. The third kappa shape index (κ3) is 3.91. The molecule has 0 saturated carbocycles. The summed E-state index contributed by atoms with van der Waals surface area (Å²) in [4.78, 5) is 0. The Balaban J connectivity index is 2.75. The normalized spacial score (nSPS) is 28.1. The molecular formula is C12H22O3Si. The average Bonchev–Trinajstić information content (AvgIpc) is 2.42. The third-order valence-electron chi connectivity index (χ3n) is 2.33. The summed E-state index contributed by atoms with van der Waals surface area (Å²) in [5.74, 6) is 2.33. The minimum atomic E-state index is -1.47. The van der Waals surface area contributed by atoms with Crippen LogP contribution in [0.4, 0.5) is 0 Å². The second-order valence-corrected chi connectivity index (χ2v) is 10.7. The fourth-order valence-corrected chi connectivity index (χ4v) is 1.99. The standard InChI is InChI=1S/C12H22O3Si/c1-11(2)14-9-10(15-11)12(3,13)7-8-16(4,5)6/h10,13H,9H2,1-6H3/t10-,12+/m1/s1. The SMILES string of the molecule is CC1(C)OC[C@H]([C@@](C)(O)C#C[Si](C)(C)C)O1. The molecule has 0 radical (unpaired) electrons. The van der Waals surface area contributed by atoms with Crippen molar-refractivity contribution in [1.82, 2.24) is 0 Å². The molecule has 3 nitrogen and oxygen atoms in total. The van der Waals surface area contributed by atoms with Gasteiger partial charge in [-0.15, -0.1) is 5.54 Å². The highest BCUT2D eigenvalue weighted by Crippen LogP contribution is 2.28. The van der Waals surface area contributed by atoms with Crippen LogP contribution >= 0.6 is 0 Å². The molecule has 2 atom stereocenters. The Morgan fingerprint density at radius 3 is 2.31 bits per heavy atom. The van der Waals surface area contributed by atoms with E-state index in [1.807, 2.05) is 13.8 Å². The van der Waals surface area contributed by atoms with Gasteiger partial charge in [0, 0.05) is 0 Å². The van der Waals surface area contributed by atoms with Gasteiger partial charge in [0.25, 0.3) is 0 Å². The second-order valence-electron chi connectivity index (χ2n) is 5.96. The Morgan fingerprint density at radius 2 is 1.94 bits per heavy atom. The fourth-order valence-electron chi connectivity index (χ4n) is 1.36. The van der Waals surface area contributed by atoms with E-state index in [0.29, 0.717) is 6.61 Å². The quantitative estimate of drug-likeness (QED) is 0.562. The maximum Gasteiger partial charge on any atom is 0.163 e. The molecule has 1 rings (SSSR count). The van der Waals surface area contributed by atoms with E-state index in [4.69, 9.17) is 9.47 Å². The lowest BCUT2D eigenvalue weighted by Crippen LogP contribution is -2.41. The molecule has 1 N–H and O–H groups in total. The summed E-state index contributed by atoms with van der Waals surface area (Å²) in [7, 11) is -1.47. The average molecular weight is 242 g/mol. The van der Waals surface area contributed by atoms with Gasteiger partial charge in [0.1, 0.15) is 19.8 Å². The molecule has 0 bridgehead atoms. The van der Waals surface area contributed by atoms with Crippen molar-refractivity contribution in [2.75, 3.05) is 6.61 Å². The first-order valence-electron chi connectivity index (χ1n) is 5.60. The van der Waals surface area contributed by atoms with E-state index in [2.05, 4.69) is 31.1 Å². The lowest BCUT2D eigenvalue weighted by molar-refractivity contribution is -0.157. The van der Waals surface area contributed by atoms with Crippen molar-refractivity contribution in [3.63, 3.8) is 0 Å². The molecule has 16 heavy (non-hydrogen) atoms. The summed E-state index contributed by atoms with van der Waals surface area (Å²) in [6, 6.07) is 0. The fraction of sp³-hybridized carbons (Fsp3) is 0.833. The van der Waals surface area contributed by atoms with Crippen LogP contribution in [0.15, 0.2) is 0 Å². The van der Waals surface area contributed by atoms with Gasteiger partial charge >= 0.3 is 0 Å². The second kappa shape index (κ2) is 4.15. The van der Waals surface area contributed by atoms with Crippen LogP contribution in [0.25, 0.3) is 0 Å². The smallest absolute Gasteiger partial charge is 0.163 e. The highest BCUT2D eigenvalue weighted by atomic mass is 28.3. The first-order chi connectivity index (χ1) is 7.02. The first-order valence-corrected chi connectivity index (χ1v) is 9.10. The topological polar surface area (TPSA) is 38.7 Å². The van der Waals surface area contributed by atoms with Gasteiger partial charge in [-0.3, -0.25) is 0 Å². The van der Waals surface area contributed by atoms with Crippen LogP contribution < -0.4 is 0 Å². The van der Waals surface area contributed by atoms with Gasteiger partial charge < -0.3 is 14.6 Å². The van der Waals surface area contributed by atoms with Crippen LogP contribution in [0.1, 0.15) is 20.8 Å². The van der Waals surface area contributed by atoms with Crippen molar-refractivity contribution in [1.29, 1.82) is 0 Å². The van der Waals surface area contributed by atoms with Gasteiger partial charge in [-0.05, 0) is 20.8 Å². The molecule has 0 spiro atoms. The van der Waals surface area contributed by atoms with E-state index in [-0.39, 0.29) is 6.10 Å². The predicted molar refractivity (Wildman–Crippen MR) is 66.6 cm³/mol. The van der Waals surface area contributed by atoms with Gasteiger partial charge in [0.2, 0.25) is 0 Å². The summed E-state index contributed by atoms with van der Waals surface area (Å²) in [6.07, 6.45) is -0.369. The Morgan fingerprint density at radius 1 is 1.38 bits per heavy atom. The van der Waals surface area contributed by atoms with Crippen LogP contribution in [-0.4, -0.2) is 37.3 Å². The zero-order chi connectivity index (χ0) is 12.6. The van der Waals surface area contributed by atoms with Crippen LogP contribution in [0.3, 0.4) is 0 Å². The Bertz CT molecular complexity index is 317. The van der Waals surface area contributed by atoms with Crippen LogP contribution in [0.5, 0.6) is 0 Å². The van der Waals surface area contributed by atoms with E-state index >= 15 is 0 Å². The number of rotatable bonds is 1. The molecule has 1 aliphatic heterocycles. The molecule has 0 aliphatic carbocycles. The van der Waals surface area contributed by atoms with Crippen LogP contribution in [0, 0.1) is 11.5 Å². The minimum absolute atomic E-state index is 0.369. The first kappa shape index (κ1) is 13.7. The molecule has 0 aromatic carbocycles. The summed E-state index contributed by atoms with van der Waals surface area (Å²) >= 11 is 0. The number of aliphatic hydroxyl groups is 1. The Kier molecular flexibility index (Phi) is 3.56. The van der Waals surface area contributed by atoms with Crippen molar-refractivity contribution in [3.05, 3.63) is 0 Å². The number of hydrogen-bond acceptors (Lipinski definition) is 3. The Labute approximate surface area is 99.1 Å². The number of ether oxygens (including phenoxy) is 2. The zero-order valence-corrected chi connectivity index (χ0v) is 12.0. The zero-order valence-electron chi connectivity index (χ0n) is 11.0. The van der Waals surface area contributed by atoms with Crippen molar-refractivity contribution in [2.45, 2.75) is 57.9 Å². The Hall–Kier alpha value is -0.343. The summed E-state index contributed by atoms with van der Waals surface area (Å²) in [5, 5.41) is 10.3. The molecule has 1 saturated heterocycles. The highest BCUT2D eigenvalue weighted by molar-refractivity contribution is 6.83. The lowest BCUT2D eigenvalue weighted by atomic mass is 10.0. The lowest BCUT2D eigenvalue weighted by Gasteiger charge is -2.25. The number of hydrogen-bond donors (Lipinski definition) is 1. The van der Waals surface area contributed by atoms with Gasteiger partial charge in [-0.2, -0.15) is 0 Å². The molecule has 0 aromatic heterocycles. The van der Waals surface area contributed by atoms with Crippen molar-refractivity contribution >= 4 is 8.07 Å². The maximum absolute atomic E-state index is 10.3. The van der Waals surface area contributed by atoms with E-state index in [0.717, 1.165) is 0 Å². The largest absolute Gasteiger partial charge is 0.375 e. The highest BCUT2D eigenvalue weighted by Gasteiger charge is 2.42. The summed E-state index contributed by atoms with van der Waals surface area (Å²) in [5.41, 5.74) is 2.04. The van der Waals surface area contributed by atoms with Gasteiger partial charge in [0.15, 0.2) is 5.79 Å². The van der Waals surface area contributed by atoms with Crippen LogP contribution in [-0.2, 0) is 9.47 Å². The van der Waals surface area contributed by atoms with E-state index < -0.39 is 19.5 Å². The van der Waals surface area contributed by atoms with Crippen molar-refractivity contribution in [3.8, 4) is 11.5 Å². The van der Waals surface area contributed by atoms with E-state index in [1.165, 1.54) is 0 Å². The summed E-state index contributed by atoms with van der Waals surface area (Å²) in [6.45, 7) is 12.2. The molecule has 1 aliphatic rings. The molecule has 92 valence electrons. The van der Waals surface area contributed by atoms with Crippen LogP contribution in [0.2, 0.25) is 19.6 Å². The predicted octanol–water partition coefficient (Wildman–Crippen LogP) is 1.77.